The molecular formula is C17H21BrN2O2. The van der Waals surface area contributed by atoms with Crippen molar-refractivity contribution in [2.75, 3.05) is 0 Å². The van der Waals surface area contributed by atoms with Crippen LogP contribution in [0.15, 0.2) is 41.1 Å². The molecule has 118 valence electrons. The molecule has 0 atom stereocenters. The Morgan fingerprint density at radius 3 is 2.68 bits per heavy atom. The van der Waals surface area contributed by atoms with Gasteiger partial charge in [-0.3, -0.25) is 9.48 Å². The molecule has 1 aromatic carbocycles. The molecule has 0 saturated carbocycles. The number of nitrogens with zero attached hydrogens (tertiary/aromatic N) is 2. The van der Waals surface area contributed by atoms with Gasteiger partial charge in [-0.25, -0.2) is 0 Å². The zero-order valence-corrected chi connectivity index (χ0v) is 14.8. The fourth-order valence-electron chi connectivity index (χ4n) is 2.13. The van der Waals surface area contributed by atoms with Crippen molar-refractivity contribution in [1.29, 1.82) is 0 Å². The van der Waals surface area contributed by atoms with Crippen molar-refractivity contribution >= 4 is 21.9 Å². The highest BCUT2D eigenvalue weighted by molar-refractivity contribution is 9.10. The lowest BCUT2D eigenvalue weighted by molar-refractivity contribution is -0.154. The highest BCUT2D eigenvalue weighted by Gasteiger charge is 2.15. The molecule has 0 bridgehead atoms. The molecule has 4 nitrogen and oxygen atoms in total. The number of benzene rings is 1. The molecule has 0 saturated heterocycles. The van der Waals surface area contributed by atoms with Crippen molar-refractivity contribution in [3.63, 3.8) is 0 Å². The maximum absolute atomic E-state index is 11.8. The smallest absolute Gasteiger partial charge is 0.306 e. The van der Waals surface area contributed by atoms with Gasteiger partial charge in [0, 0.05) is 12.6 Å². The molecule has 1 heterocycles. The van der Waals surface area contributed by atoms with E-state index in [1.165, 1.54) is 0 Å². The molecular weight excluding hydrogens is 344 g/mol. The number of halogens is 1. The Bertz CT molecular complexity index is 644. The van der Waals surface area contributed by atoms with Crippen LogP contribution in [0.5, 0.6) is 0 Å². The average Bonchev–Trinajstić information content (AvgIpc) is 2.80. The number of hydrogen-bond donors (Lipinski definition) is 0. The Hall–Kier alpha value is -1.62. The van der Waals surface area contributed by atoms with Gasteiger partial charge >= 0.3 is 5.97 Å². The minimum Gasteiger partial charge on any atom is -0.460 e. The molecule has 1 aromatic heterocycles. The number of hydrogen-bond acceptors (Lipinski definition) is 3. The second kappa shape index (κ2) is 7.09. The van der Waals surface area contributed by atoms with E-state index in [0.29, 0.717) is 19.4 Å². The van der Waals surface area contributed by atoms with Gasteiger partial charge in [-0.1, -0.05) is 24.3 Å². The van der Waals surface area contributed by atoms with E-state index in [4.69, 9.17) is 4.74 Å². The van der Waals surface area contributed by atoms with E-state index in [1.54, 1.807) is 6.20 Å². The number of aryl methyl sites for hydroxylation is 1. The maximum atomic E-state index is 11.8. The van der Waals surface area contributed by atoms with E-state index in [-0.39, 0.29) is 5.97 Å². The van der Waals surface area contributed by atoms with Crippen LogP contribution in [-0.4, -0.2) is 21.4 Å². The SMILES string of the molecule is CC(C)(C)OC(=O)CCc1cccc(Cn2cc(Br)cn2)c1. The second-order valence-electron chi connectivity index (χ2n) is 6.26. The number of aromatic nitrogens is 2. The van der Waals surface area contributed by atoms with Gasteiger partial charge in [0.15, 0.2) is 0 Å². The first-order chi connectivity index (χ1) is 10.3. The summed E-state index contributed by atoms with van der Waals surface area (Å²) >= 11 is 3.39. The predicted octanol–water partition coefficient (Wildman–Crippen LogP) is 3.97. The Morgan fingerprint density at radius 1 is 1.32 bits per heavy atom. The molecule has 2 aromatic rings. The molecule has 0 radical (unpaired) electrons. The molecule has 0 amide bonds. The number of carbonyl (C=O) groups excluding carboxylic acids is 1. The summed E-state index contributed by atoms with van der Waals surface area (Å²) in [6.07, 6.45) is 4.79. The van der Waals surface area contributed by atoms with Crippen LogP contribution < -0.4 is 0 Å². The minimum atomic E-state index is -0.424. The first kappa shape index (κ1) is 16.7. The van der Waals surface area contributed by atoms with Crippen LogP contribution in [-0.2, 0) is 22.5 Å². The fourth-order valence-corrected chi connectivity index (χ4v) is 2.46. The molecule has 5 heteroatoms. The van der Waals surface area contributed by atoms with E-state index in [2.05, 4.69) is 33.2 Å². The zero-order valence-electron chi connectivity index (χ0n) is 13.2. The third kappa shape index (κ3) is 5.64. The topological polar surface area (TPSA) is 44.1 Å². The summed E-state index contributed by atoms with van der Waals surface area (Å²) in [5.74, 6) is -0.158. The zero-order chi connectivity index (χ0) is 16.2. The monoisotopic (exact) mass is 364 g/mol. The van der Waals surface area contributed by atoms with Gasteiger partial charge in [-0.2, -0.15) is 5.10 Å². The first-order valence-corrected chi connectivity index (χ1v) is 8.09. The molecule has 0 aliphatic carbocycles. The van der Waals surface area contributed by atoms with Gasteiger partial charge in [0.1, 0.15) is 5.60 Å². The normalized spacial score (nSPS) is 11.5. The van der Waals surface area contributed by atoms with Crippen molar-refractivity contribution < 1.29 is 9.53 Å². The Balaban J connectivity index is 1.92. The fraction of sp³-hybridized carbons (Fsp3) is 0.412. The minimum absolute atomic E-state index is 0.158. The van der Waals surface area contributed by atoms with Gasteiger partial charge < -0.3 is 4.74 Å². The van der Waals surface area contributed by atoms with Gasteiger partial charge in [0.05, 0.1) is 17.2 Å². The highest BCUT2D eigenvalue weighted by Crippen LogP contribution is 2.13. The Morgan fingerprint density at radius 2 is 2.05 bits per heavy atom. The number of ether oxygens (including phenoxy) is 1. The second-order valence-corrected chi connectivity index (χ2v) is 7.18. The third-order valence-electron chi connectivity index (χ3n) is 2.98. The van der Waals surface area contributed by atoms with Crippen LogP contribution in [0.3, 0.4) is 0 Å². The summed E-state index contributed by atoms with van der Waals surface area (Å²) in [6, 6.07) is 8.22. The highest BCUT2D eigenvalue weighted by atomic mass is 79.9. The van der Waals surface area contributed by atoms with Crippen LogP contribution in [0.1, 0.15) is 38.3 Å². The molecule has 22 heavy (non-hydrogen) atoms. The number of esters is 1. The first-order valence-electron chi connectivity index (χ1n) is 7.29. The number of rotatable bonds is 5. The molecule has 2 rings (SSSR count). The van der Waals surface area contributed by atoms with E-state index in [1.807, 2.05) is 43.8 Å². The lowest BCUT2D eigenvalue weighted by Crippen LogP contribution is -2.24. The summed E-state index contributed by atoms with van der Waals surface area (Å²) in [7, 11) is 0. The van der Waals surface area contributed by atoms with Crippen LogP contribution in [0.2, 0.25) is 0 Å². The van der Waals surface area contributed by atoms with Gasteiger partial charge in [-0.15, -0.1) is 0 Å². The van der Waals surface area contributed by atoms with Crippen LogP contribution in [0, 0.1) is 0 Å². The molecule has 0 aliphatic heterocycles. The average molecular weight is 365 g/mol. The standard InChI is InChI=1S/C17H21BrN2O2/c1-17(2,3)22-16(21)8-7-13-5-4-6-14(9-13)11-20-12-15(18)10-19-20/h4-6,9-10,12H,7-8,11H2,1-3H3. The Kier molecular flexibility index (Phi) is 5.40. The summed E-state index contributed by atoms with van der Waals surface area (Å²) in [4.78, 5) is 11.8. The number of carbonyl (C=O) groups is 1. The summed E-state index contributed by atoms with van der Waals surface area (Å²) in [5, 5.41) is 4.25. The summed E-state index contributed by atoms with van der Waals surface area (Å²) < 4.78 is 8.17. The van der Waals surface area contributed by atoms with Gasteiger partial charge in [0.2, 0.25) is 0 Å². The maximum Gasteiger partial charge on any atom is 0.306 e. The lowest BCUT2D eigenvalue weighted by Gasteiger charge is -2.19. The molecule has 0 fully saturated rings. The Labute approximate surface area is 139 Å². The van der Waals surface area contributed by atoms with Crippen molar-refractivity contribution in [2.24, 2.45) is 0 Å². The van der Waals surface area contributed by atoms with Crippen molar-refractivity contribution in [3.05, 3.63) is 52.3 Å². The quantitative estimate of drug-likeness (QED) is 0.754. The van der Waals surface area contributed by atoms with E-state index in [9.17, 15) is 4.79 Å². The third-order valence-corrected chi connectivity index (χ3v) is 3.39. The van der Waals surface area contributed by atoms with E-state index >= 15 is 0 Å². The van der Waals surface area contributed by atoms with Gasteiger partial charge in [-0.05, 0) is 54.2 Å². The summed E-state index contributed by atoms with van der Waals surface area (Å²) in [5.41, 5.74) is 1.87. The molecule has 0 unspecified atom stereocenters. The largest absolute Gasteiger partial charge is 0.460 e. The van der Waals surface area contributed by atoms with Crippen molar-refractivity contribution in [2.45, 2.75) is 45.8 Å². The lowest BCUT2D eigenvalue weighted by atomic mass is 10.1. The van der Waals surface area contributed by atoms with Crippen LogP contribution >= 0.6 is 15.9 Å². The predicted molar refractivity (Wildman–Crippen MR) is 89.6 cm³/mol. The van der Waals surface area contributed by atoms with E-state index in [0.717, 1.165) is 15.6 Å². The van der Waals surface area contributed by atoms with Crippen molar-refractivity contribution in [1.82, 2.24) is 9.78 Å². The summed E-state index contributed by atoms with van der Waals surface area (Å²) in [6.45, 7) is 6.36. The van der Waals surface area contributed by atoms with E-state index < -0.39 is 5.60 Å². The van der Waals surface area contributed by atoms with Crippen LogP contribution in [0.25, 0.3) is 0 Å². The molecule has 0 aliphatic rings. The van der Waals surface area contributed by atoms with Crippen molar-refractivity contribution in [3.8, 4) is 0 Å². The van der Waals surface area contributed by atoms with Crippen LogP contribution in [0.4, 0.5) is 0 Å². The molecule has 0 N–H and O–H groups in total. The van der Waals surface area contributed by atoms with Gasteiger partial charge in [0.25, 0.3) is 0 Å². The molecule has 0 spiro atoms.